The molecule has 0 saturated heterocycles. The number of aryl methyl sites for hydroxylation is 1. The first-order valence-electron chi connectivity index (χ1n) is 7.09. The highest BCUT2D eigenvalue weighted by molar-refractivity contribution is 5.39. The van der Waals surface area contributed by atoms with Crippen LogP contribution in [0.1, 0.15) is 55.9 Å². The second-order valence-corrected chi connectivity index (χ2v) is 6.27. The predicted molar refractivity (Wildman–Crippen MR) is 83.8 cm³/mol. The van der Waals surface area contributed by atoms with Crippen LogP contribution in [-0.4, -0.2) is 0 Å². The quantitative estimate of drug-likeness (QED) is 0.682. The van der Waals surface area contributed by atoms with Crippen molar-refractivity contribution in [2.45, 2.75) is 46.0 Å². The van der Waals surface area contributed by atoms with Gasteiger partial charge in [-0.05, 0) is 29.5 Å². The Morgan fingerprint density at radius 1 is 0.737 bits per heavy atom. The van der Waals surface area contributed by atoms with E-state index in [0.717, 1.165) is 0 Å². The lowest BCUT2D eigenvalue weighted by molar-refractivity contribution is 0.640. The Morgan fingerprint density at radius 2 is 1.16 bits per heavy atom. The molecule has 2 aromatic carbocycles. The largest absolute Gasteiger partial charge is 0.0590 e. The highest BCUT2D eigenvalue weighted by Gasteiger charge is 2.22. The van der Waals surface area contributed by atoms with E-state index in [-0.39, 0.29) is 5.41 Å². The monoisotopic (exact) mass is 252 g/mol. The fourth-order valence-electron chi connectivity index (χ4n) is 2.42. The van der Waals surface area contributed by atoms with Crippen molar-refractivity contribution >= 4 is 0 Å². The molecule has 0 aliphatic rings. The van der Waals surface area contributed by atoms with Crippen molar-refractivity contribution in [1.29, 1.82) is 0 Å². The van der Waals surface area contributed by atoms with E-state index in [9.17, 15) is 0 Å². The van der Waals surface area contributed by atoms with E-state index in [4.69, 9.17) is 0 Å². The first kappa shape index (κ1) is 13.9. The molecule has 0 bridgehead atoms. The molecule has 0 atom stereocenters. The van der Waals surface area contributed by atoms with E-state index < -0.39 is 0 Å². The molecule has 2 rings (SSSR count). The zero-order valence-electron chi connectivity index (χ0n) is 12.7. The van der Waals surface area contributed by atoms with Crippen LogP contribution in [0.25, 0.3) is 0 Å². The highest BCUT2D eigenvalue weighted by atomic mass is 14.3. The predicted octanol–water partition coefficient (Wildman–Crippen LogP) is 5.44. The molecule has 0 heteroatoms. The number of rotatable bonds is 3. The van der Waals surface area contributed by atoms with Gasteiger partial charge in [-0.25, -0.2) is 0 Å². The van der Waals surface area contributed by atoms with Crippen LogP contribution in [0.4, 0.5) is 0 Å². The van der Waals surface area contributed by atoms with Crippen LogP contribution in [0.3, 0.4) is 0 Å². The molecule has 0 aromatic heterocycles. The molecular weight excluding hydrogens is 228 g/mol. The molecule has 2 aromatic rings. The van der Waals surface area contributed by atoms with Crippen molar-refractivity contribution in [1.82, 2.24) is 0 Å². The van der Waals surface area contributed by atoms with Gasteiger partial charge in [0.25, 0.3) is 0 Å². The van der Waals surface area contributed by atoms with Crippen molar-refractivity contribution in [3.63, 3.8) is 0 Å². The summed E-state index contributed by atoms with van der Waals surface area (Å²) < 4.78 is 0. The third-order valence-corrected chi connectivity index (χ3v) is 4.07. The lowest BCUT2D eigenvalue weighted by Crippen LogP contribution is -2.18. The first-order chi connectivity index (χ1) is 8.91. The van der Waals surface area contributed by atoms with Gasteiger partial charge in [-0.2, -0.15) is 0 Å². The lowest BCUT2D eigenvalue weighted by Gasteiger charge is -2.26. The van der Waals surface area contributed by atoms with Gasteiger partial charge in [0.15, 0.2) is 0 Å². The molecular formula is C19H24. The molecule has 0 fully saturated rings. The number of hydrogen-bond acceptors (Lipinski definition) is 0. The van der Waals surface area contributed by atoms with Crippen LogP contribution in [0.2, 0.25) is 0 Å². The second-order valence-electron chi connectivity index (χ2n) is 6.27. The summed E-state index contributed by atoms with van der Waals surface area (Å²) in [5, 5.41) is 0. The molecule has 0 amide bonds. The minimum Gasteiger partial charge on any atom is -0.0590 e. The summed E-state index contributed by atoms with van der Waals surface area (Å²) in [4.78, 5) is 0. The summed E-state index contributed by atoms with van der Waals surface area (Å²) in [5.41, 5.74) is 5.53. The summed E-state index contributed by atoms with van der Waals surface area (Å²) in [6, 6.07) is 17.9. The third-order valence-electron chi connectivity index (χ3n) is 4.07. The van der Waals surface area contributed by atoms with E-state index in [0.29, 0.717) is 5.92 Å². The molecule has 0 aliphatic carbocycles. The van der Waals surface area contributed by atoms with Crippen LogP contribution in [0.15, 0.2) is 48.5 Å². The van der Waals surface area contributed by atoms with Crippen molar-refractivity contribution in [2.24, 2.45) is 0 Å². The van der Waals surface area contributed by atoms with Crippen molar-refractivity contribution in [3.05, 3.63) is 70.8 Å². The fraction of sp³-hybridized carbons (Fsp3) is 0.368. The Hall–Kier alpha value is -1.56. The van der Waals surface area contributed by atoms with Crippen molar-refractivity contribution in [2.75, 3.05) is 0 Å². The van der Waals surface area contributed by atoms with E-state index in [1.165, 1.54) is 22.3 Å². The van der Waals surface area contributed by atoms with Crippen LogP contribution in [0.5, 0.6) is 0 Å². The molecule has 0 unspecified atom stereocenters. The zero-order valence-corrected chi connectivity index (χ0v) is 12.7. The maximum absolute atomic E-state index is 2.29. The van der Waals surface area contributed by atoms with Gasteiger partial charge in [0.2, 0.25) is 0 Å². The standard InChI is InChI=1S/C19H24/c1-14(2)16-8-12-18(13-9-16)19(4,5)17-10-6-15(3)7-11-17/h6-14H,1-5H3. The van der Waals surface area contributed by atoms with Crippen LogP contribution in [0, 0.1) is 6.92 Å². The Bertz CT molecular complexity index is 527. The highest BCUT2D eigenvalue weighted by Crippen LogP contribution is 2.32. The zero-order chi connectivity index (χ0) is 14.0. The van der Waals surface area contributed by atoms with Gasteiger partial charge in [-0.15, -0.1) is 0 Å². The van der Waals surface area contributed by atoms with E-state index in [1.807, 2.05) is 0 Å². The lowest BCUT2D eigenvalue weighted by atomic mass is 9.77. The second kappa shape index (κ2) is 5.21. The normalized spacial score (nSPS) is 11.9. The molecule has 19 heavy (non-hydrogen) atoms. The molecule has 100 valence electrons. The Labute approximate surface area is 117 Å². The molecule has 0 N–H and O–H groups in total. The summed E-state index contributed by atoms with van der Waals surface area (Å²) in [5.74, 6) is 0.594. The fourth-order valence-corrected chi connectivity index (χ4v) is 2.42. The van der Waals surface area contributed by atoms with Crippen LogP contribution < -0.4 is 0 Å². The minimum atomic E-state index is 0.0587. The maximum Gasteiger partial charge on any atom is 0.0146 e. The van der Waals surface area contributed by atoms with Gasteiger partial charge < -0.3 is 0 Å². The van der Waals surface area contributed by atoms with E-state index in [2.05, 4.69) is 83.1 Å². The Morgan fingerprint density at radius 3 is 1.58 bits per heavy atom. The van der Waals surface area contributed by atoms with Gasteiger partial charge in [0.1, 0.15) is 0 Å². The summed E-state index contributed by atoms with van der Waals surface area (Å²) in [6.07, 6.45) is 0. The Balaban J connectivity index is 2.35. The maximum atomic E-state index is 2.29. The summed E-state index contributed by atoms with van der Waals surface area (Å²) >= 11 is 0. The van der Waals surface area contributed by atoms with Crippen molar-refractivity contribution < 1.29 is 0 Å². The molecule has 0 saturated carbocycles. The average molecular weight is 252 g/mol. The SMILES string of the molecule is Cc1ccc(C(C)(C)c2ccc(C(C)C)cc2)cc1. The topological polar surface area (TPSA) is 0 Å². The average Bonchev–Trinajstić information content (AvgIpc) is 2.39. The smallest absolute Gasteiger partial charge is 0.0146 e. The number of hydrogen-bond donors (Lipinski definition) is 0. The van der Waals surface area contributed by atoms with Gasteiger partial charge in [0.05, 0.1) is 0 Å². The van der Waals surface area contributed by atoms with Gasteiger partial charge in [-0.3, -0.25) is 0 Å². The molecule has 0 heterocycles. The van der Waals surface area contributed by atoms with Gasteiger partial charge in [-0.1, -0.05) is 81.8 Å². The first-order valence-corrected chi connectivity index (χ1v) is 7.09. The van der Waals surface area contributed by atoms with Gasteiger partial charge >= 0.3 is 0 Å². The van der Waals surface area contributed by atoms with E-state index >= 15 is 0 Å². The molecule has 0 radical (unpaired) electrons. The third kappa shape index (κ3) is 2.89. The van der Waals surface area contributed by atoms with Gasteiger partial charge in [0, 0.05) is 5.41 Å². The Kier molecular flexibility index (Phi) is 3.80. The molecule has 0 nitrogen and oxygen atoms in total. The van der Waals surface area contributed by atoms with Crippen molar-refractivity contribution in [3.8, 4) is 0 Å². The molecule has 0 aliphatic heterocycles. The summed E-state index contributed by atoms with van der Waals surface area (Å²) in [7, 11) is 0. The number of benzene rings is 2. The van der Waals surface area contributed by atoms with Crippen LogP contribution >= 0.6 is 0 Å². The van der Waals surface area contributed by atoms with E-state index in [1.54, 1.807) is 0 Å². The summed E-state index contributed by atoms with van der Waals surface area (Å²) in [6.45, 7) is 11.2. The minimum absolute atomic E-state index is 0.0587. The molecule has 0 spiro atoms. The van der Waals surface area contributed by atoms with Crippen LogP contribution in [-0.2, 0) is 5.41 Å².